The Bertz CT molecular complexity index is 878. The first-order chi connectivity index (χ1) is 14.1. The van der Waals surface area contributed by atoms with E-state index in [0.717, 1.165) is 11.4 Å². The zero-order valence-electron chi connectivity index (χ0n) is 15.8. The Morgan fingerprint density at radius 2 is 1.31 bits per heavy atom. The van der Waals surface area contributed by atoms with E-state index in [9.17, 15) is 14.7 Å². The fraction of sp³-hybridized carbons (Fsp3) is 0.130. The number of carboxylic acid groups (broad SMARTS) is 1. The summed E-state index contributed by atoms with van der Waals surface area (Å²) in [5.74, 6) is -0.958. The van der Waals surface area contributed by atoms with Gasteiger partial charge in [-0.3, -0.25) is 15.2 Å². The van der Waals surface area contributed by atoms with Crippen LogP contribution in [-0.2, 0) is 9.59 Å². The smallest absolute Gasteiger partial charge is 0.344 e. The second-order valence-corrected chi connectivity index (χ2v) is 6.34. The molecule has 0 aromatic heterocycles. The molecule has 3 aromatic rings. The van der Waals surface area contributed by atoms with Crippen LogP contribution in [0, 0.1) is 0 Å². The number of benzene rings is 3. The van der Waals surface area contributed by atoms with Gasteiger partial charge in [-0.05, 0) is 36.4 Å². The summed E-state index contributed by atoms with van der Waals surface area (Å²) in [6, 6.07) is 27.5. The van der Waals surface area contributed by atoms with Gasteiger partial charge in [0, 0.05) is 12.8 Å². The second-order valence-electron chi connectivity index (χ2n) is 6.34. The first kappa shape index (κ1) is 19.9. The normalized spacial score (nSPS) is 11.3. The number of nitrogens with one attached hydrogen (secondary N) is 1. The quantitative estimate of drug-likeness (QED) is 0.536. The van der Waals surface area contributed by atoms with Gasteiger partial charge in [-0.2, -0.15) is 0 Å². The predicted molar refractivity (Wildman–Crippen MR) is 111 cm³/mol. The van der Waals surface area contributed by atoms with E-state index in [1.807, 2.05) is 66.7 Å². The summed E-state index contributed by atoms with van der Waals surface area (Å²) in [5.41, 5.74) is 4.44. The standard InChI is InChI=1S/C23H22N2O4/c26-22(17-16-21(23(27)28)29-20-14-8-3-9-15-20)24-25(18-10-4-1-5-11-18)19-12-6-2-7-13-19/h1-15,21H,16-17H2,(H,24,26)(H,27,28). The molecule has 0 aliphatic heterocycles. The molecule has 0 saturated carbocycles. The van der Waals surface area contributed by atoms with Crippen LogP contribution in [-0.4, -0.2) is 23.1 Å². The lowest BCUT2D eigenvalue weighted by Gasteiger charge is -2.25. The minimum Gasteiger partial charge on any atom is -0.479 e. The van der Waals surface area contributed by atoms with Crippen molar-refractivity contribution >= 4 is 23.3 Å². The lowest BCUT2D eigenvalue weighted by Crippen LogP contribution is -2.39. The fourth-order valence-corrected chi connectivity index (χ4v) is 2.77. The molecule has 0 bridgehead atoms. The molecule has 3 aromatic carbocycles. The number of carbonyl (C=O) groups excluding carboxylic acids is 1. The van der Waals surface area contributed by atoms with Crippen LogP contribution < -0.4 is 15.2 Å². The summed E-state index contributed by atoms with van der Waals surface area (Å²) >= 11 is 0. The molecule has 29 heavy (non-hydrogen) atoms. The van der Waals surface area contributed by atoms with E-state index in [2.05, 4.69) is 5.43 Å². The van der Waals surface area contributed by atoms with Gasteiger partial charge in [0.15, 0.2) is 6.10 Å². The lowest BCUT2D eigenvalue weighted by molar-refractivity contribution is -0.145. The minimum absolute atomic E-state index is 0.0000324. The van der Waals surface area contributed by atoms with Crippen LogP contribution in [0.4, 0.5) is 11.4 Å². The van der Waals surface area contributed by atoms with E-state index in [-0.39, 0.29) is 18.7 Å². The fourth-order valence-electron chi connectivity index (χ4n) is 2.77. The van der Waals surface area contributed by atoms with Crippen LogP contribution in [0.3, 0.4) is 0 Å². The maximum absolute atomic E-state index is 12.6. The number of hydrogen-bond acceptors (Lipinski definition) is 4. The first-order valence-corrected chi connectivity index (χ1v) is 9.28. The Balaban J connectivity index is 1.66. The van der Waals surface area contributed by atoms with Crippen LogP contribution in [0.25, 0.3) is 0 Å². The van der Waals surface area contributed by atoms with Crippen LogP contribution >= 0.6 is 0 Å². The molecule has 6 nitrogen and oxygen atoms in total. The monoisotopic (exact) mass is 390 g/mol. The Hall–Kier alpha value is -3.80. The Labute approximate surface area is 169 Å². The molecular weight excluding hydrogens is 368 g/mol. The molecule has 3 rings (SSSR count). The van der Waals surface area contributed by atoms with Gasteiger partial charge in [-0.25, -0.2) is 4.79 Å². The number of para-hydroxylation sites is 3. The van der Waals surface area contributed by atoms with Crippen LogP contribution in [0.5, 0.6) is 5.75 Å². The number of hydrogen-bond donors (Lipinski definition) is 2. The SMILES string of the molecule is O=C(CCC(Oc1ccccc1)C(=O)O)NN(c1ccccc1)c1ccccc1. The molecule has 148 valence electrons. The molecule has 6 heteroatoms. The Morgan fingerprint density at radius 1 is 0.828 bits per heavy atom. The van der Waals surface area contributed by atoms with Gasteiger partial charge in [0.25, 0.3) is 0 Å². The van der Waals surface area contributed by atoms with Crippen LogP contribution in [0.15, 0.2) is 91.0 Å². The van der Waals surface area contributed by atoms with Crippen molar-refractivity contribution in [2.24, 2.45) is 0 Å². The van der Waals surface area contributed by atoms with Gasteiger partial charge < -0.3 is 9.84 Å². The lowest BCUT2D eigenvalue weighted by atomic mass is 10.2. The molecule has 0 heterocycles. The first-order valence-electron chi connectivity index (χ1n) is 9.28. The highest BCUT2D eigenvalue weighted by Crippen LogP contribution is 2.22. The third-order valence-electron chi connectivity index (χ3n) is 4.20. The second kappa shape index (κ2) is 9.94. The van der Waals surface area contributed by atoms with Crippen molar-refractivity contribution in [2.45, 2.75) is 18.9 Å². The van der Waals surface area contributed by atoms with Crippen molar-refractivity contribution in [1.82, 2.24) is 5.43 Å². The van der Waals surface area contributed by atoms with Crippen molar-refractivity contribution in [3.8, 4) is 5.75 Å². The summed E-state index contributed by atoms with van der Waals surface area (Å²) < 4.78 is 5.51. The molecule has 2 N–H and O–H groups in total. The average molecular weight is 390 g/mol. The van der Waals surface area contributed by atoms with Crippen molar-refractivity contribution in [3.63, 3.8) is 0 Å². The Morgan fingerprint density at radius 3 is 1.79 bits per heavy atom. The molecule has 0 aliphatic rings. The number of hydrazine groups is 1. The average Bonchev–Trinajstić information content (AvgIpc) is 2.76. The predicted octanol–water partition coefficient (Wildman–Crippen LogP) is 4.17. The highest BCUT2D eigenvalue weighted by atomic mass is 16.5. The maximum Gasteiger partial charge on any atom is 0.344 e. The van der Waals surface area contributed by atoms with Crippen molar-refractivity contribution in [1.29, 1.82) is 0 Å². The largest absolute Gasteiger partial charge is 0.479 e. The van der Waals surface area contributed by atoms with Crippen molar-refractivity contribution in [3.05, 3.63) is 91.0 Å². The molecule has 1 unspecified atom stereocenters. The number of ether oxygens (including phenoxy) is 1. The van der Waals surface area contributed by atoms with E-state index >= 15 is 0 Å². The third kappa shape index (κ3) is 5.84. The number of amides is 1. The van der Waals surface area contributed by atoms with Gasteiger partial charge in [-0.15, -0.1) is 0 Å². The van der Waals surface area contributed by atoms with E-state index in [0.29, 0.717) is 5.75 Å². The van der Waals surface area contributed by atoms with Crippen molar-refractivity contribution < 1.29 is 19.4 Å². The van der Waals surface area contributed by atoms with Crippen LogP contribution in [0.2, 0.25) is 0 Å². The summed E-state index contributed by atoms with van der Waals surface area (Å²) in [6.07, 6.45) is -1.06. The molecule has 0 aliphatic carbocycles. The third-order valence-corrected chi connectivity index (χ3v) is 4.20. The molecule has 1 atom stereocenters. The zero-order valence-corrected chi connectivity index (χ0v) is 15.8. The number of nitrogens with zero attached hydrogens (tertiary/aromatic N) is 1. The minimum atomic E-state index is -1.11. The topological polar surface area (TPSA) is 78.9 Å². The van der Waals surface area contributed by atoms with E-state index in [1.54, 1.807) is 29.3 Å². The van der Waals surface area contributed by atoms with Gasteiger partial charge in [-0.1, -0.05) is 54.6 Å². The number of anilines is 2. The summed E-state index contributed by atoms with van der Waals surface area (Å²) in [4.78, 5) is 24.1. The molecule has 0 saturated heterocycles. The van der Waals surface area contributed by atoms with Gasteiger partial charge >= 0.3 is 5.97 Å². The molecule has 0 spiro atoms. The molecule has 1 amide bonds. The van der Waals surface area contributed by atoms with Crippen LogP contribution in [0.1, 0.15) is 12.8 Å². The number of rotatable bonds is 9. The Kier molecular flexibility index (Phi) is 6.84. The number of carboxylic acids is 1. The highest BCUT2D eigenvalue weighted by Gasteiger charge is 2.22. The number of aliphatic carboxylic acids is 1. The molecule has 0 fully saturated rings. The highest BCUT2D eigenvalue weighted by molar-refractivity contribution is 5.81. The van der Waals surface area contributed by atoms with Crippen molar-refractivity contribution in [2.75, 3.05) is 5.01 Å². The number of carbonyl (C=O) groups is 2. The zero-order chi connectivity index (χ0) is 20.5. The summed E-state index contributed by atoms with van der Waals surface area (Å²) in [7, 11) is 0. The molecular formula is C23H22N2O4. The summed E-state index contributed by atoms with van der Waals surface area (Å²) in [5, 5.41) is 11.1. The maximum atomic E-state index is 12.6. The summed E-state index contributed by atoms with van der Waals surface area (Å²) in [6.45, 7) is 0. The van der Waals surface area contributed by atoms with E-state index in [1.165, 1.54) is 0 Å². The van der Waals surface area contributed by atoms with Gasteiger partial charge in [0.05, 0.1) is 11.4 Å². The van der Waals surface area contributed by atoms with Gasteiger partial charge in [0.1, 0.15) is 5.75 Å². The van der Waals surface area contributed by atoms with E-state index < -0.39 is 12.1 Å². The van der Waals surface area contributed by atoms with Gasteiger partial charge in [0.2, 0.25) is 5.91 Å². The van der Waals surface area contributed by atoms with E-state index in [4.69, 9.17) is 4.74 Å². The molecule has 0 radical (unpaired) electrons.